The molecular weight excluding hydrogens is 941 g/mol. The fourth-order valence-electron chi connectivity index (χ4n) is 6.93. The number of nitrogens with two attached hydrogens (primary N) is 3. The second-order valence-corrected chi connectivity index (χ2v) is 17.4. The summed E-state index contributed by atoms with van der Waals surface area (Å²) in [7, 11) is 0. The van der Waals surface area contributed by atoms with Crippen LogP contribution in [-0.2, 0) is 34.5 Å². The van der Waals surface area contributed by atoms with E-state index in [4.69, 9.17) is 22.7 Å². The standard InChI is InChI=1S/C45H54N16O9S/c1-23(2)35(56-32(62)9-5-4-6-19-61-33(63)16-17-34(61)64)43(68)52-24(3)40(65)54-26-12-15-29(30(20-26)37(46)59-60-49)42(67)50-18-7-8-31(44(69)70)55-41(66)25-10-13-28(14-11-25)71-22-27-21-51-39-36(53-27)38(47)57-45(48)58-39/h10-17,20-21,23-24,31,35H,4-9,18-19,22H2,1-3H3,(H,50,67)(H,52,68)(H,54,65)(H,55,66)(H,56,62)(H,69,70)(H3,46,49,59)(H4,47,48,51,57,58)/t24-,31-,35-/m0/s1. The molecule has 2 aromatic heterocycles. The molecule has 1 aliphatic rings. The van der Waals surface area contributed by atoms with Gasteiger partial charge in [0.15, 0.2) is 22.8 Å². The summed E-state index contributed by atoms with van der Waals surface area (Å²) in [6.45, 7) is 5.11. The van der Waals surface area contributed by atoms with Crippen molar-refractivity contribution in [2.45, 2.75) is 88.1 Å². The maximum Gasteiger partial charge on any atom is 0.326 e. The normalized spacial score (nSPS) is 13.5. The number of fused-ring (bicyclic) bond motifs is 1. The van der Waals surface area contributed by atoms with Gasteiger partial charge in [0.25, 0.3) is 23.6 Å². The number of anilines is 3. The SMILES string of the molecule is CC(C)[C@H](NC(=O)CCCCCN1C(=O)C=CC1=O)C(=O)N[C@@H](C)C(=O)Nc1ccc(C(=O)NCCC[C@H](NC(=O)c2ccc(SCc3cnc4nc(N)nc(N)c4n3)cc2)C(=O)O)c(C(=N)/N=N\N)c1. The lowest BCUT2D eigenvalue weighted by Gasteiger charge is -2.24. The third kappa shape index (κ3) is 15.3. The van der Waals surface area contributed by atoms with Crippen LogP contribution >= 0.6 is 11.8 Å². The van der Waals surface area contributed by atoms with E-state index >= 15 is 0 Å². The Hall–Kier alpha value is -8.42. The molecule has 0 spiro atoms. The minimum absolute atomic E-state index is 0.0102. The summed E-state index contributed by atoms with van der Waals surface area (Å²) in [5, 5.41) is 38.0. The van der Waals surface area contributed by atoms with Crippen LogP contribution in [0.2, 0.25) is 0 Å². The number of amidine groups is 1. The van der Waals surface area contributed by atoms with E-state index in [-0.39, 0.29) is 95.8 Å². The van der Waals surface area contributed by atoms with Crippen molar-refractivity contribution >= 4 is 93.5 Å². The number of hydrogen-bond donors (Lipinski definition) is 10. The molecule has 0 bridgehead atoms. The first-order valence-corrected chi connectivity index (χ1v) is 23.2. The number of carboxylic acids is 1. The van der Waals surface area contributed by atoms with Crippen molar-refractivity contribution < 1.29 is 43.5 Å². The molecule has 5 rings (SSSR count). The van der Waals surface area contributed by atoms with E-state index in [2.05, 4.69) is 56.9 Å². The third-order valence-electron chi connectivity index (χ3n) is 10.7. The van der Waals surface area contributed by atoms with Crippen LogP contribution < -0.4 is 43.9 Å². The number of aromatic nitrogens is 4. The second kappa shape index (κ2) is 25.3. The number of aliphatic carboxylic acids is 1. The van der Waals surface area contributed by atoms with Gasteiger partial charge in [-0.05, 0) is 81.0 Å². The summed E-state index contributed by atoms with van der Waals surface area (Å²) in [5.41, 5.74) is 13.0. The van der Waals surface area contributed by atoms with Gasteiger partial charge in [-0.3, -0.25) is 43.9 Å². The van der Waals surface area contributed by atoms with E-state index in [1.165, 1.54) is 49.0 Å². The number of rotatable bonds is 24. The van der Waals surface area contributed by atoms with Gasteiger partial charge in [-0.25, -0.2) is 14.8 Å². The van der Waals surface area contributed by atoms with Crippen LogP contribution in [0.4, 0.5) is 17.5 Å². The number of benzene rings is 2. The van der Waals surface area contributed by atoms with Gasteiger partial charge in [-0.2, -0.15) is 9.97 Å². The fourth-order valence-corrected chi connectivity index (χ4v) is 7.71. The van der Waals surface area contributed by atoms with Gasteiger partial charge in [-0.1, -0.05) is 25.5 Å². The zero-order chi connectivity index (χ0) is 51.8. The van der Waals surface area contributed by atoms with Crippen molar-refractivity contribution in [3.8, 4) is 0 Å². The monoisotopic (exact) mass is 994 g/mol. The van der Waals surface area contributed by atoms with Crippen molar-refractivity contribution in [1.82, 2.24) is 46.1 Å². The summed E-state index contributed by atoms with van der Waals surface area (Å²) >= 11 is 1.41. The Morgan fingerprint density at radius 1 is 0.845 bits per heavy atom. The first-order valence-electron chi connectivity index (χ1n) is 22.2. The molecule has 1 aliphatic heterocycles. The summed E-state index contributed by atoms with van der Waals surface area (Å²) in [5.74, 6) is -0.135. The van der Waals surface area contributed by atoms with Crippen LogP contribution in [-0.4, -0.2) is 114 Å². The van der Waals surface area contributed by atoms with Gasteiger partial charge < -0.3 is 49.0 Å². The number of carboxylic acid groups (broad SMARTS) is 1. The number of hydrogen-bond acceptors (Lipinski definition) is 17. The zero-order valence-corrected chi connectivity index (χ0v) is 39.7. The first kappa shape index (κ1) is 53.5. The highest BCUT2D eigenvalue weighted by Gasteiger charge is 2.28. The number of amides is 7. The highest BCUT2D eigenvalue weighted by Crippen LogP contribution is 2.24. The average molecular weight is 995 g/mol. The van der Waals surface area contributed by atoms with Crippen LogP contribution in [0.5, 0.6) is 0 Å². The Labute approximate surface area is 410 Å². The Morgan fingerprint density at radius 2 is 1.56 bits per heavy atom. The van der Waals surface area contributed by atoms with Crippen LogP contribution in [0, 0.1) is 11.3 Å². The Morgan fingerprint density at radius 3 is 2.24 bits per heavy atom. The van der Waals surface area contributed by atoms with E-state index < -0.39 is 53.6 Å². The Bertz CT molecular complexity index is 2730. The highest BCUT2D eigenvalue weighted by atomic mass is 32.2. The van der Waals surface area contributed by atoms with Gasteiger partial charge in [0.2, 0.25) is 23.7 Å². The summed E-state index contributed by atoms with van der Waals surface area (Å²) in [6, 6.07) is 7.14. The number of imide groups is 1. The lowest BCUT2D eigenvalue weighted by atomic mass is 10.0. The molecule has 0 saturated heterocycles. The quantitative estimate of drug-likeness (QED) is 0.00701. The lowest BCUT2D eigenvalue weighted by molar-refractivity contribution is -0.139. The summed E-state index contributed by atoms with van der Waals surface area (Å²) in [4.78, 5) is 120. The number of thioether (sulfide) groups is 1. The third-order valence-corrected chi connectivity index (χ3v) is 11.8. The van der Waals surface area contributed by atoms with Gasteiger partial charge in [-0.15, -0.1) is 16.9 Å². The number of carbonyl (C=O) groups excluding carboxylic acids is 7. The molecule has 25 nitrogen and oxygen atoms in total. The van der Waals surface area contributed by atoms with Crippen LogP contribution in [0.1, 0.15) is 91.3 Å². The number of unbranched alkanes of at least 4 members (excludes halogenated alkanes) is 2. The maximum atomic E-state index is 13.4. The van der Waals surface area contributed by atoms with E-state index in [0.29, 0.717) is 36.2 Å². The van der Waals surface area contributed by atoms with E-state index in [9.17, 15) is 43.5 Å². The largest absolute Gasteiger partial charge is 0.480 e. The highest BCUT2D eigenvalue weighted by molar-refractivity contribution is 7.98. The lowest BCUT2D eigenvalue weighted by Crippen LogP contribution is -2.53. The van der Waals surface area contributed by atoms with Gasteiger partial charge in [0.05, 0.1) is 17.5 Å². The molecule has 4 aromatic rings. The molecule has 374 valence electrons. The molecule has 7 amide bonds. The first-order chi connectivity index (χ1) is 33.8. The Balaban J connectivity index is 1.08. The molecule has 3 atom stereocenters. The molecular formula is C45H54N16O9S. The minimum Gasteiger partial charge on any atom is -0.480 e. The van der Waals surface area contributed by atoms with Crippen molar-refractivity contribution in [3.05, 3.63) is 83.2 Å². The zero-order valence-electron chi connectivity index (χ0n) is 38.9. The van der Waals surface area contributed by atoms with Crippen molar-refractivity contribution in [3.63, 3.8) is 0 Å². The predicted molar refractivity (Wildman–Crippen MR) is 260 cm³/mol. The molecule has 0 aliphatic carbocycles. The second-order valence-electron chi connectivity index (χ2n) is 16.4. The van der Waals surface area contributed by atoms with Crippen molar-refractivity contribution in [1.29, 1.82) is 5.41 Å². The van der Waals surface area contributed by atoms with Crippen LogP contribution in [0.25, 0.3) is 11.2 Å². The van der Waals surface area contributed by atoms with E-state index in [1.54, 1.807) is 44.3 Å². The van der Waals surface area contributed by atoms with E-state index in [0.717, 1.165) is 9.80 Å². The molecule has 26 heteroatoms. The molecule has 3 heterocycles. The summed E-state index contributed by atoms with van der Waals surface area (Å²) in [6.07, 6.45) is 5.68. The molecule has 71 heavy (non-hydrogen) atoms. The molecule has 0 fully saturated rings. The van der Waals surface area contributed by atoms with Gasteiger partial charge >= 0.3 is 5.97 Å². The average Bonchev–Trinajstić information content (AvgIpc) is 3.65. The number of nitrogen functional groups attached to an aromatic ring is 2. The molecule has 0 saturated carbocycles. The fraction of sp³-hybridized carbons (Fsp3) is 0.356. The molecule has 0 radical (unpaired) electrons. The molecule has 13 N–H and O–H groups in total. The Kier molecular flexibility index (Phi) is 19.0. The summed E-state index contributed by atoms with van der Waals surface area (Å²) < 4.78 is 0. The smallest absolute Gasteiger partial charge is 0.326 e. The molecule has 2 aromatic carbocycles. The van der Waals surface area contributed by atoms with Crippen LogP contribution in [0.3, 0.4) is 0 Å². The molecule has 0 unspecified atom stereocenters. The van der Waals surface area contributed by atoms with E-state index in [1.807, 2.05) is 0 Å². The minimum atomic E-state index is -1.29. The van der Waals surface area contributed by atoms with Crippen molar-refractivity contribution in [2.24, 2.45) is 22.1 Å². The number of nitrogens with zero attached hydrogens (tertiary/aromatic N) is 7. The van der Waals surface area contributed by atoms with Crippen molar-refractivity contribution in [2.75, 3.05) is 29.9 Å². The van der Waals surface area contributed by atoms with Gasteiger partial charge in [0.1, 0.15) is 18.1 Å². The van der Waals surface area contributed by atoms with Crippen LogP contribution in [0.15, 0.2) is 76.0 Å². The topological polar surface area (TPSA) is 398 Å². The predicted octanol–water partition coefficient (Wildman–Crippen LogP) is 1.99. The maximum absolute atomic E-state index is 13.4. The number of nitrogens with one attached hydrogen (secondary N) is 6. The number of carbonyl (C=O) groups is 8. The van der Waals surface area contributed by atoms with Gasteiger partial charge in [0, 0.05) is 59.1 Å².